The maximum Gasteiger partial charge on any atom is 0.387 e. The van der Waals surface area contributed by atoms with Crippen LogP contribution in [0.15, 0.2) is 48.5 Å². The van der Waals surface area contributed by atoms with Gasteiger partial charge in [0.05, 0.1) is 11.0 Å². The molecular formula is C16H14F2N2O4. The topological polar surface area (TPSA) is 81.5 Å². The number of hydrogen-bond donors (Lipinski definition) is 1. The number of alkyl halides is 2. The third kappa shape index (κ3) is 4.48. The highest BCUT2D eigenvalue weighted by molar-refractivity contribution is 5.94. The molecule has 6 nitrogen and oxygen atoms in total. The van der Waals surface area contributed by atoms with Crippen LogP contribution in [-0.2, 0) is 0 Å². The lowest BCUT2D eigenvalue weighted by molar-refractivity contribution is -0.384. The molecule has 2 rings (SSSR count). The molecule has 0 spiro atoms. The summed E-state index contributed by atoms with van der Waals surface area (Å²) < 4.78 is 28.4. The molecule has 126 valence electrons. The van der Waals surface area contributed by atoms with Crippen molar-refractivity contribution in [2.45, 2.75) is 19.6 Å². The predicted octanol–water partition coefficient (Wildman–Crippen LogP) is 3.69. The van der Waals surface area contributed by atoms with Crippen LogP contribution in [0.1, 0.15) is 28.9 Å². The van der Waals surface area contributed by atoms with Crippen LogP contribution in [0, 0.1) is 10.1 Å². The van der Waals surface area contributed by atoms with E-state index in [9.17, 15) is 23.7 Å². The Kier molecular flexibility index (Phi) is 5.41. The van der Waals surface area contributed by atoms with Crippen molar-refractivity contribution in [2.24, 2.45) is 0 Å². The van der Waals surface area contributed by atoms with Crippen LogP contribution in [0.25, 0.3) is 0 Å². The Morgan fingerprint density at radius 1 is 1.12 bits per heavy atom. The molecule has 1 amide bonds. The molecule has 0 radical (unpaired) electrons. The number of rotatable bonds is 6. The second-order valence-electron chi connectivity index (χ2n) is 4.95. The fourth-order valence-corrected chi connectivity index (χ4v) is 2.04. The Bertz CT molecular complexity index is 718. The van der Waals surface area contributed by atoms with E-state index in [0.717, 1.165) is 0 Å². The molecule has 2 aromatic carbocycles. The number of halogens is 2. The maximum atomic E-state index is 12.1. The van der Waals surface area contributed by atoms with E-state index < -0.39 is 17.4 Å². The van der Waals surface area contributed by atoms with Gasteiger partial charge >= 0.3 is 6.61 Å². The Morgan fingerprint density at radius 2 is 1.71 bits per heavy atom. The molecule has 0 saturated carbocycles. The van der Waals surface area contributed by atoms with Gasteiger partial charge in [0.2, 0.25) is 0 Å². The highest BCUT2D eigenvalue weighted by Crippen LogP contribution is 2.20. The van der Waals surface area contributed by atoms with Crippen molar-refractivity contribution in [3.63, 3.8) is 0 Å². The second kappa shape index (κ2) is 7.49. The maximum absolute atomic E-state index is 12.1. The number of nitrogens with zero attached hydrogens (tertiary/aromatic N) is 1. The first-order chi connectivity index (χ1) is 11.4. The number of hydrogen-bond acceptors (Lipinski definition) is 4. The average Bonchev–Trinajstić information content (AvgIpc) is 2.55. The largest absolute Gasteiger partial charge is 0.435 e. The fraction of sp³-hybridized carbons (Fsp3) is 0.188. The molecule has 2 aromatic rings. The van der Waals surface area contributed by atoms with Gasteiger partial charge in [-0.2, -0.15) is 8.78 Å². The van der Waals surface area contributed by atoms with Crippen LogP contribution < -0.4 is 10.1 Å². The van der Waals surface area contributed by atoms with E-state index in [1.165, 1.54) is 36.4 Å². The van der Waals surface area contributed by atoms with Crippen molar-refractivity contribution in [1.82, 2.24) is 5.32 Å². The summed E-state index contributed by atoms with van der Waals surface area (Å²) in [5.74, 6) is -0.368. The van der Waals surface area contributed by atoms with E-state index in [4.69, 9.17) is 0 Å². The quantitative estimate of drug-likeness (QED) is 0.644. The first-order valence-electron chi connectivity index (χ1n) is 6.97. The SMILES string of the molecule is C[C@H](NC(=O)c1ccc([N+](=O)[O-])cc1)c1ccc(OC(F)F)cc1. The molecule has 0 aromatic heterocycles. The third-order valence-electron chi connectivity index (χ3n) is 3.29. The third-order valence-corrected chi connectivity index (χ3v) is 3.29. The molecule has 0 unspecified atom stereocenters. The summed E-state index contributed by atoms with van der Waals surface area (Å²) in [5, 5.41) is 13.3. The van der Waals surface area contributed by atoms with Crippen molar-refractivity contribution >= 4 is 11.6 Å². The summed E-state index contributed by atoms with van der Waals surface area (Å²) in [6.45, 7) is -1.16. The standard InChI is InChI=1S/C16H14F2N2O4/c1-10(11-4-8-14(9-5-11)24-16(17)18)19-15(21)12-2-6-13(7-3-12)20(22)23/h2-10,16H,1H3,(H,19,21)/t10-/m0/s1. The Morgan fingerprint density at radius 3 is 2.21 bits per heavy atom. The van der Waals surface area contributed by atoms with Crippen LogP contribution in [0.3, 0.4) is 0 Å². The number of benzene rings is 2. The van der Waals surface area contributed by atoms with Gasteiger partial charge in [0, 0.05) is 17.7 Å². The van der Waals surface area contributed by atoms with Crippen molar-refractivity contribution in [3.05, 3.63) is 69.8 Å². The van der Waals surface area contributed by atoms with Gasteiger partial charge in [-0.3, -0.25) is 14.9 Å². The van der Waals surface area contributed by atoms with Gasteiger partial charge in [-0.05, 0) is 36.8 Å². The minimum absolute atomic E-state index is 0.0302. The van der Waals surface area contributed by atoms with E-state index in [1.54, 1.807) is 19.1 Å². The van der Waals surface area contributed by atoms with E-state index >= 15 is 0 Å². The molecule has 0 aliphatic rings. The predicted molar refractivity (Wildman–Crippen MR) is 82.1 cm³/mol. The van der Waals surface area contributed by atoms with Gasteiger partial charge < -0.3 is 10.1 Å². The summed E-state index contributed by atoms with van der Waals surface area (Å²) in [4.78, 5) is 22.2. The van der Waals surface area contributed by atoms with Crippen LogP contribution in [0.2, 0.25) is 0 Å². The summed E-state index contributed by atoms with van der Waals surface area (Å²) in [6, 6.07) is 10.7. The number of nitro groups is 1. The average molecular weight is 336 g/mol. The minimum Gasteiger partial charge on any atom is -0.435 e. The number of amides is 1. The molecular weight excluding hydrogens is 322 g/mol. The van der Waals surface area contributed by atoms with Gasteiger partial charge in [0.25, 0.3) is 11.6 Å². The van der Waals surface area contributed by atoms with Gasteiger partial charge in [-0.1, -0.05) is 12.1 Å². The van der Waals surface area contributed by atoms with Gasteiger partial charge in [-0.15, -0.1) is 0 Å². The highest BCUT2D eigenvalue weighted by atomic mass is 19.3. The number of nitrogens with one attached hydrogen (secondary N) is 1. The first-order valence-corrected chi connectivity index (χ1v) is 6.97. The summed E-state index contributed by atoms with van der Waals surface area (Å²) in [7, 11) is 0. The number of carbonyl (C=O) groups excluding carboxylic acids is 1. The number of nitro benzene ring substituents is 1. The zero-order valence-electron chi connectivity index (χ0n) is 12.6. The van der Waals surface area contributed by atoms with Crippen LogP contribution in [-0.4, -0.2) is 17.4 Å². The number of ether oxygens (including phenoxy) is 1. The zero-order valence-corrected chi connectivity index (χ0v) is 12.6. The van der Waals surface area contributed by atoms with Crippen molar-refractivity contribution in [1.29, 1.82) is 0 Å². The highest BCUT2D eigenvalue weighted by Gasteiger charge is 2.13. The van der Waals surface area contributed by atoms with Gasteiger partial charge in [0.1, 0.15) is 5.75 Å². The first kappa shape index (κ1) is 17.3. The number of carbonyl (C=O) groups is 1. The monoisotopic (exact) mass is 336 g/mol. The summed E-state index contributed by atoms with van der Waals surface area (Å²) >= 11 is 0. The van der Waals surface area contributed by atoms with Crippen molar-refractivity contribution in [2.75, 3.05) is 0 Å². The van der Waals surface area contributed by atoms with E-state index in [-0.39, 0.29) is 23.0 Å². The van der Waals surface area contributed by atoms with Crippen LogP contribution >= 0.6 is 0 Å². The van der Waals surface area contributed by atoms with Gasteiger partial charge in [-0.25, -0.2) is 0 Å². The molecule has 1 atom stereocenters. The lowest BCUT2D eigenvalue weighted by Gasteiger charge is -2.15. The molecule has 24 heavy (non-hydrogen) atoms. The van der Waals surface area contributed by atoms with E-state index in [0.29, 0.717) is 5.56 Å². The molecule has 0 aliphatic carbocycles. The lowest BCUT2D eigenvalue weighted by atomic mass is 10.1. The second-order valence-corrected chi connectivity index (χ2v) is 4.95. The van der Waals surface area contributed by atoms with Crippen LogP contribution in [0.5, 0.6) is 5.75 Å². The number of non-ortho nitro benzene ring substituents is 1. The van der Waals surface area contributed by atoms with Crippen LogP contribution in [0.4, 0.5) is 14.5 Å². The van der Waals surface area contributed by atoms with Crippen molar-refractivity contribution < 1.29 is 23.2 Å². The lowest BCUT2D eigenvalue weighted by Crippen LogP contribution is -2.26. The summed E-state index contributed by atoms with van der Waals surface area (Å²) in [6.07, 6.45) is 0. The molecule has 0 saturated heterocycles. The Balaban J connectivity index is 2.01. The normalized spacial score (nSPS) is 11.8. The minimum atomic E-state index is -2.89. The van der Waals surface area contributed by atoms with E-state index in [1.807, 2.05) is 0 Å². The van der Waals surface area contributed by atoms with Crippen molar-refractivity contribution in [3.8, 4) is 5.75 Å². The molecule has 0 aliphatic heterocycles. The zero-order chi connectivity index (χ0) is 17.7. The molecule has 1 N–H and O–H groups in total. The Hall–Kier alpha value is -3.03. The molecule has 0 heterocycles. The summed E-state index contributed by atoms with van der Waals surface area (Å²) in [5.41, 5.74) is 0.881. The molecule has 8 heteroatoms. The van der Waals surface area contributed by atoms with E-state index in [2.05, 4.69) is 10.1 Å². The Labute approximate surface area is 136 Å². The smallest absolute Gasteiger partial charge is 0.387 e. The fourth-order valence-electron chi connectivity index (χ4n) is 2.04. The molecule has 0 fully saturated rings. The molecule has 0 bridgehead atoms. The van der Waals surface area contributed by atoms with Gasteiger partial charge in [0.15, 0.2) is 0 Å².